The van der Waals surface area contributed by atoms with Crippen molar-refractivity contribution in [2.75, 3.05) is 6.54 Å². The Morgan fingerprint density at radius 3 is 2.18 bits per heavy atom. The second-order valence-electron chi connectivity index (χ2n) is 11.9. The van der Waals surface area contributed by atoms with E-state index in [2.05, 4.69) is 49.0 Å². The maximum Gasteiger partial charge on any atom is 0.243 e. The van der Waals surface area contributed by atoms with Crippen LogP contribution in [0.3, 0.4) is 0 Å². The molecule has 2 saturated heterocycles. The van der Waals surface area contributed by atoms with Crippen molar-refractivity contribution in [2.24, 2.45) is 5.41 Å². The summed E-state index contributed by atoms with van der Waals surface area (Å²) in [5, 5.41) is 13.2. The number of piperidine rings is 1. The van der Waals surface area contributed by atoms with Crippen molar-refractivity contribution in [2.45, 2.75) is 135 Å². The Morgan fingerprint density at radius 1 is 0.971 bits per heavy atom. The molecule has 2 aliphatic heterocycles. The molecule has 1 saturated carbocycles. The summed E-state index contributed by atoms with van der Waals surface area (Å²) in [5.74, 6) is -0.516. The molecule has 3 rings (SSSR count). The second-order valence-corrected chi connectivity index (χ2v) is 11.9. The highest BCUT2D eigenvalue weighted by atomic mass is 16.2. The van der Waals surface area contributed by atoms with Crippen LogP contribution in [0.15, 0.2) is 0 Å². The Bertz CT molecular complexity index is 708. The van der Waals surface area contributed by atoms with E-state index in [1.54, 1.807) is 0 Å². The molecule has 4 N–H and O–H groups in total. The van der Waals surface area contributed by atoms with Gasteiger partial charge in [0.1, 0.15) is 6.04 Å². The van der Waals surface area contributed by atoms with Crippen molar-refractivity contribution in [3.05, 3.63) is 0 Å². The number of likely N-dealkylation sites (tertiary alicyclic amines) is 1. The maximum absolute atomic E-state index is 13.3. The van der Waals surface area contributed by atoms with Gasteiger partial charge in [-0.1, -0.05) is 33.6 Å². The first-order valence-electron chi connectivity index (χ1n) is 13.4. The molecular formula is C26H47N5O3. The summed E-state index contributed by atoms with van der Waals surface area (Å²) in [6, 6.07) is 0.0633. The summed E-state index contributed by atoms with van der Waals surface area (Å²) < 4.78 is 0. The lowest BCUT2D eigenvalue weighted by molar-refractivity contribution is -0.138. The van der Waals surface area contributed by atoms with Crippen molar-refractivity contribution in [3.63, 3.8) is 0 Å². The Morgan fingerprint density at radius 2 is 1.59 bits per heavy atom. The number of fused-ring (bicyclic) bond motifs is 1. The van der Waals surface area contributed by atoms with E-state index in [-0.39, 0.29) is 47.8 Å². The monoisotopic (exact) mass is 477 g/mol. The lowest BCUT2D eigenvalue weighted by Crippen LogP contribution is -2.57. The standard InChI is InChI=1S/C26H47N5O3/c1-17-10-8-9-15-31(17)23(33)16-21(28-22(32)13-14-26(3,4)5)25(34)27-18(2)24-29-19-11-6-7-12-20(19)30-24/h17-21,24,29-30H,6-16H2,1-5H3,(H,27,34)(H,28,32)/t17-,18+,19?,20?,21-,24?/m0/s1. The Kier molecular flexibility index (Phi) is 9.38. The molecular weight excluding hydrogens is 430 g/mol. The van der Waals surface area contributed by atoms with E-state index in [0.29, 0.717) is 18.5 Å². The van der Waals surface area contributed by atoms with Crippen molar-refractivity contribution in [1.82, 2.24) is 26.2 Å². The van der Waals surface area contributed by atoms with Gasteiger partial charge in [-0.2, -0.15) is 0 Å². The molecule has 0 bridgehead atoms. The first kappa shape index (κ1) is 26.9. The zero-order valence-corrected chi connectivity index (χ0v) is 21.9. The van der Waals surface area contributed by atoms with E-state index in [4.69, 9.17) is 0 Å². The first-order valence-corrected chi connectivity index (χ1v) is 13.4. The highest BCUT2D eigenvalue weighted by Gasteiger charge is 2.38. The zero-order valence-electron chi connectivity index (χ0n) is 21.9. The highest BCUT2D eigenvalue weighted by Crippen LogP contribution is 2.24. The van der Waals surface area contributed by atoms with Crippen LogP contribution in [0, 0.1) is 5.41 Å². The molecule has 8 nitrogen and oxygen atoms in total. The summed E-state index contributed by atoms with van der Waals surface area (Å²) in [6.45, 7) is 11.0. The van der Waals surface area contributed by atoms with Gasteiger partial charge in [-0.25, -0.2) is 0 Å². The van der Waals surface area contributed by atoms with Gasteiger partial charge in [0.25, 0.3) is 0 Å². The smallest absolute Gasteiger partial charge is 0.243 e. The van der Waals surface area contributed by atoms with Crippen LogP contribution in [-0.4, -0.2) is 65.5 Å². The molecule has 3 fully saturated rings. The van der Waals surface area contributed by atoms with Crippen LogP contribution in [0.2, 0.25) is 0 Å². The van der Waals surface area contributed by atoms with Crippen LogP contribution < -0.4 is 21.3 Å². The number of hydrogen-bond donors (Lipinski definition) is 4. The predicted molar refractivity (Wildman–Crippen MR) is 134 cm³/mol. The van der Waals surface area contributed by atoms with E-state index in [0.717, 1.165) is 45.1 Å². The molecule has 0 aromatic heterocycles. The third kappa shape index (κ3) is 7.67. The van der Waals surface area contributed by atoms with Crippen molar-refractivity contribution in [1.29, 1.82) is 0 Å². The molecule has 1 aliphatic carbocycles. The minimum Gasteiger partial charge on any atom is -0.349 e. The summed E-state index contributed by atoms with van der Waals surface area (Å²) in [4.78, 5) is 41.0. The summed E-state index contributed by atoms with van der Waals surface area (Å²) >= 11 is 0. The Hall–Kier alpha value is -1.67. The summed E-state index contributed by atoms with van der Waals surface area (Å²) in [7, 11) is 0. The van der Waals surface area contributed by atoms with Gasteiger partial charge < -0.3 is 15.5 Å². The molecule has 0 radical (unpaired) electrons. The van der Waals surface area contributed by atoms with Crippen LogP contribution in [-0.2, 0) is 14.4 Å². The van der Waals surface area contributed by atoms with Gasteiger partial charge in [0.2, 0.25) is 17.7 Å². The quantitative estimate of drug-likeness (QED) is 0.430. The molecule has 0 aromatic carbocycles. The molecule has 2 heterocycles. The number of nitrogens with one attached hydrogen (secondary N) is 4. The van der Waals surface area contributed by atoms with Crippen LogP contribution in [0.25, 0.3) is 0 Å². The van der Waals surface area contributed by atoms with Gasteiger partial charge in [-0.3, -0.25) is 25.0 Å². The lowest BCUT2D eigenvalue weighted by Gasteiger charge is -2.34. The molecule has 194 valence electrons. The predicted octanol–water partition coefficient (Wildman–Crippen LogP) is 2.42. The Labute approximate surface area is 205 Å². The minimum absolute atomic E-state index is 0.000918. The van der Waals surface area contributed by atoms with Gasteiger partial charge >= 0.3 is 0 Å². The van der Waals surface area contributed by atoms with E-state index >= 15 is 0 Å². The van der Waals surface area contributed by atoms with Crippen LogP contribution in [0.1, 0.15) is 98.8 Å². The van der Waals surface area contributed by atoms with Gasteiger partial charge in [-0.15, -0.1) is 0 Å². The molecule has 3 aliphatic rings. The fourth-order valence-corrected chi connectivity index (χ4v) is 5.46. The molecule has 3 amide bonds. The fraction of sp³-hybridized carbons (Fsp3) is 0.885. The largest absolute Gasteiger partial charge is 0.349 e. The summed E-state index contributed by atoms with van der Waals surface area (Å²) in [6.07, 6.45) is 8.94. The van der Waals surface area contributed by atoms with Crippen molar-refractivity contribution in [3.8, 4) is 0 Å². The van der Waals surface area contributed by atoms with Gasteiger partial charge in [-0.05, 0) is 57.8 Å². The average molecular weight is 478 g/mol. The van der Waals surface area contributed by atoms with Gasteiger partial charge in [0, 0.05) is 31.1 Å². The van der Waals surface area contributed by atoms with E-state index < -0.39 is 6.04 Å². The molecule has 0 spiro atoms. The molecule has 5 atom stereocenters. The Balaban J connectivity index is 1.61. The number of carbonyl (C=O) groups excluding carboxylic acids is 3. The van der Waals surface area contributed by atoms with Crippen molar-refractivity contribution >= 4 is 17.7 Å². The first-order chi connectivity index (χ1) is 16.0. The third-order valence-corrected chi connectivity index (χ3v) is 7.68. The average Bonchev–Trinajstić information content (AvgIpc) is 3.21. The highest BCUT2D eigenvalue weighted by molar-refractivity contribution is 5.92. The number of hydrogen-bond acceptors (Lipinski definition) is 5. The number of amides is 3. The van der Waals surface area contributed by atoms with Gasteiger partial charge in [0.15, 0.2) is 0 Å². The van der Waals surface area contributed by atoms with Gasteiger partial charge in [0.05, 0.1) is 18.6 Å². The molecule has 2 unspecified atom stereocenters. The lowest BCUT2D eigenvalue weighted by atomic mass is 9.90. The minimum atomic E-state index is -0.861. The van der Waals surface area contributed by atoms with Crippen molar-refractivity contribution < 1.29 is 14.4 Å². The van der Waals surface area contributed by atoms with Crippen LogP contribution in [0.4, 0.5) is 0 Å². The van der Waals surface area contributed by atoms with E-state index in [9.17, 15) is 14.4 Å². The van der Waals surface area contributed by atoms with E-state index in [1.807, 2.05) is 11.8 Å². The summed E-state index contributed by atoms with van der Waals surface area (Å²) in [5.41, 5.74) is 0.0270. The number of rotatable bonds is 8. The van der Waals surface area contributed by atoms with Crippen LogP contribution >= 0.6 is 0 Å². The van der Waals surface area contributed by atoms with E-state index in [1.165, 1.54) is 12.8 Å². The fourth-order valence-electron chi connectivity index (χ4n) is 5.46. The topological polar surface area (TPSA) is 103 Å². The third-order valence-electron chi connectivity index (χ3n) is 7.68. The number of carbonyl (C=O) groups is 3. The normalized spacial score (nSPS) is 29.1. The molecule has 34 heavy (non-hydrogen) atoms. The zero-order chi connectivity index (χ0) is 24.9. The maximum atomic E-state index is 13.3. The van der Waals surface area contributed by atoms with Crippen LogP contribution in [0.5, 0.6) is 0 Å². The number of nitrogens with zero attached hydrogens (tertiary/aromatic N) is 1. The second kappa shape index (κ2) is 11.8. The molecule has 0 aromatic rings. The molecule has 8 heteroatoms. The SMILES string of the molecule is C[C@@H](NC(=O)[C@H](CC(=O)N1CCCC[C@@H]1C)NC(=O)CCC(C)(C)C)C1NC2CCCCC2N1.